The van der Waals surface area contributed by atoms with Crippen LogP contribution in [0.1, 0.15) is 5.56 Å². The molecule has 0 aliphatic carbocycles. The lowest BCUT2D eigenvalue weighted by Gasteiger charge is -2.13. The maximum Gasteiger partial charge on any atom is 0.294 e. The molecule has 1 aliphatic heterocycles. The van der Waals surface area contributed by atoms with Gasteiger partial charge in [-0.25, -0.2) is 0 Å². The molecule has 28 heavy (non-hydrogen) atoms. The van der Waals surface area contributed by atoms with Gasteiger partial charge in [0.25, 0.3) is 11.1 Å². The van der Waals surface area contributed by atoms with Crippen LogP contribution in [-0.4, -0.2) is 40.7 Å². The lowest BCUT2D eigenvalue weighted by atomic mass is 10.2. The number of carbonyl (C=O) groups is 3. The predicted octanol–water partition coefficient (Wildman–Crippen LogP) is 3.73. The Kier molecular flexibility index (Phi) is 5.91. The summed E-state index contributed by atoms with van der Waals surface area (Å²) in [6.45, 7) is -0.480. The number of anilines is 1. The van der Waals surface area contributed by atoms with Crippen LogP contribution in [0.25, 0.3) is 6.08 Å². The van der Waals surface area contributed by atoms with Crippen molar-refractivity contribution in [2.24, 2.45) is 0 Å². The van der Waals surface area contributed by atoms with Crippen molar-refractivity contribution in [1.82, 2.24) is 4.90 Å². The first-order valence-electron chi connectivity index (χ1n) is 8.05. The maximum atomic E-state index is 12.5. The van der Waals surface area contributed by atoms with Crippen LogP contribution < -0.4 is 10.1 Å². The summed E-state index contributed by atoms with van der Waals surface area (Å²) in [6.07, 6.45) is 1.56. The van der Waals surface area contributed by atoms with Crippen LogP contribution in [0.3, 0.4) is 0 Å². The van der Waals surface area contributed by atoms with Crippen molar-refractivity contribution < 1.29 is 24.2 Å². The number of hydrogen-bond donors (Lipinski definition) is 2. The van der Waals surface area contributed by atoms with Crippen molar-refractivity contribution in [2.75, 3.05) is 19.0 Å². The van der Waals surface area contributed by atoms with Gasteiger partial charge >= 0.3 is 0 Å². The number of carbonyl (C=O) groups excluding carboxylic acids is 3. The quantitative estimate of drug-likeness (QED) is 0.567. The monoisotopic (exact) mass is 418 g/mol. The third kappa shape index (κ3) is 4.47. The van der Waals surface area contributed by atoms with E-state index >= 15 is 0 Å². The van der Waals surface area contributed by atoms with Gasteiger partial charge < -0.3 is 15.2 Å². The number of hydrogen-bond acceptors (Lipinski definition) is 6. The number of halogens is 1. The highest BCUT2D eigenvalue weighted by molar-refractivity contribution is 8.18. The molecule has 2 N–H and O–H groups in total. The van der Waals surface area contributed by atoms with E-state index in [4.69, 9.17) is 16.3 Å². The molecule has 0 saturated carbocycles. The Hall–Kier alpha value is -2.97. The van der Waals surface area contributed by atoms with Gasteiger partial charge in [-0.15, -0.1) is 0 Å². The number of nitrogens with one attached hydrogen (secondary N) is 1. The van der Waals surface area contributed by atoms with Gasteiger partial charge in [-0.3, -0.25) is 19.3 Å². The Morgan fingerprint density at radius 3 is 2.82 bits per heavy atom. The molecule has 0 aromatic heterocycles. The molecule has 1 heterocycles. The summed E-state index contributed by atoms with van der Waals surface area (Å²) >= 11 is 6.59. The maximum absolute atomic E-state index is 12.5. The number of amides is 3. The van der Waals surface area contributed by atoms with Crippen LogP contribution in [0, 0.1) is 0 Å². The molecule has 9 heteroatoms. The first kappa shape index (κ1) is 19.8. The molecule has 1 fully saturated rings. The van der Waals surface area contributed by atoms with E-state index in [1.807, 2.05) is 0 Å². The Balaban J connectivity index is 1.72. The molecule has 2 aromatic rings. The number of imide groups is 1. The van der Waals surface area contributed by atoms with Crippen molar-refractivity contribution in [3.63, 3.8) is 0 Å². The van der Waals surface area contributed by atoms with E-state index in [1.54, 1.807) is 30.3 Å². The Labute approximate surface area is 169 Å². The Bertz CT molecular complexity index is 992. The summed E-state index contributed by atoms with van der Waals surface area (Å²) in [5.74, 6) is -0.760. The minimum absolute atomic E-state index is 0.0939. The van der Waals surface area contributed by atoms with Crippen LogP contribution in [0.4, 0.5) is 10.5 Å². The van der Waals surface area contributed by atoms with Crippen molar-refractivity contribution in [3.8, 4) is 11.5 Å². The number of rotatable bonds is 5. The normalized spacial score (nSPS) is 15.2. The summed E-state index contributed by atoms with van der Waals surface area (Å²) in [4.78, 5) is 37.9. The van der Waals surface area contributed by atoms with Crippen molar-refractivity contribution in [1.29, 1.82) is 0 Å². The third-order valence-corrected chi connectivity index (χ3v) is 4.94. The van der Waals surface area contributed by atoms with Gasteiger partial charge in [0.1, 0.15) is 18.0 Å². The summed E-state index contributed by atoms with van der Waals surface area (Å²) in [7, 11) is 1.53. The van der Waals surface area contributed by atoms with Crippen LogP contribution >= 0.6 is 23.4 Å². The fourth-order valence-electron chi connectivity index (χ4n) is 2.46. The average molecular weight is 419 g/mol. The summed E-state index contributed by atoms with van der Waals surface area (Å²) in [5, 5.41) is 12.0. The molecule has 0 bridgehead atoms. The van der Waals surface area contributed by atoms with Gasteiger partial charge in [-0.1, -0.05) is 23.7 Å². The lowest BCUT2D eigenvalue weighted by molar-refractivity contribution is -0.127. The zero-order chi connectivity index (χ0) is 20.3. The van der Waals surface area contributed by atoms with Gasteiger partial charge in [0.15, 0.2) is 0 Å². The van der Waals surface area contributed by atoms with E-state index in [0.717, 1.165) is 16.7 Å². The molecule has 1 saturated heterocycles. The lowest BCUT2D eigenvalue weighted by Crippen LogP contribution is -2.36. The molecule has 2 aromatic carbocycles. The first-order chi connectivity index (χ1) is 13.4. The highest BCUT2D eigenvalue weighted by atomic mass is 35.5. The van der Waals surface area contributed by atoms with E-state index in [2.05, 4.69) is 5.32 Å². The second-order valence-electron chi connectivity index (χ2n) is 5.75. The summed E-state index contributed by atoms with van der Waals surface area (Å²) in [5.41, 5.74) is 0.787. The van der Waals surface area contributed by atoms with E-state index in [1.165, 1.54) is 25.3 Å². The number of thioether (sulfide) groups is 1. The predicted molar refractivity (Wildman–Crippen MR) is 107 cm³/mol. The molecule has 144 valence electrons. The van der Waals surface area contributed by atoms with Gasteiger partial charge in [-0.2, -0.15) is 0 Å². The fourth-order valence-corrected chi connectivity index (χ4v) is 3.47. The van der Waals surface area contributed by atoms with Crippen molar-refractivity contribution in [3.05, 3.63) is 58.0 Å². The van der Waals surface area contributed by atoms with E-state index < -0.39 is 23.6 Å². The minimum Gasteiger partial charge on any atom is -0.506 e. The Morgan fingerprint density at radius 2 is 2.07 bits per heavy atom. The SMILES string of the molecule is COc1cccc(/C=C2\SC(=O)N(CC(=O)Nc3cc(Cl)ccc3O)C2=O)c1. The molecule has 0 spiro atoms. The van der Waals surface area contributed by atoms with Gasteiger partial charge in [0.2, 0.25) is 5.91 Å². The zero-order valence-electron chi connectivity index (χ0n) is 14.6. The Morgan fingerprint density at radius 1 is 1.29 bits per heavy atom. The smallest absolute Gasteiger partial charge is 0.294 e. The zero-order valence-corrected chi connectivity index (χ0v) is 16.2. The molecule has 0 radical (unpaired) electrons. The highest BCUT2D eigenvalue weighted by Gasteiger charge is 2.36. The largest absolute Gasteiger partial charge is 0.506 e. The number of methoxy groups -OCH3 is 1. The number of benzene rings is 2. The third-order valence-electron chi connectivity index (χ3n) is 3.80. The number of aromatic hydroxyl groups is 1. The van der Waals surface area contributed by atoms with Crippen LogP contribution in [-0.2, 0) is 9.59 Å². The average Bonchev–Trinajstić information content (AvgIpc) is 2.92. The fraction of sp³-hybridized carbons (Fsp3) is 0.105. The van der Waals surface area contributed by atoms with Gasteiger partial charge in [0.05, 0.1) is 17.7 Å². The van der Waals surface area contributed by atoms with Gasteiger partial charge in [0, 0.05) is 5.02 Å². The second kappa shape index (κ2) is 8.37. The van der Waals surface area contributed by atoms with E-state index in [9.17, 15) is 19.5 Å². The van der Waals surface area contributed by atoms with Crippen LogP contribution in [0.5, 0.6) is 11.5 Å². The van der Waals surface area contributed by atoms with Crippen molar-refractivity contribution >= 4 is 52.2 Å². The number of phenols is 1. The van der Waals surface area contributed by atoms with E-state index in [0.29, 0.717) is 16.3 Å². The molecule has 0 atom stereocenters. The molecule has 0 unspecified atom stereocenters. The standard InChI is InChI=1S/C19H15ClN2O5S/c1-27-13-4-2-3-11(7-13)8-16-18(25)22(19(26)28-16)10-17(24)21-14-9-12(20)5-6-15(14)23/h2-9,23H,10H2,1H3,(H,21,24)/b16-8-. The topological polar surface area (TPSA) is 95.9 Å². The molecular formula is C19H15ClN2O5S. The molecule has 7 nitrogen and oxygen atoms in total. The number of phenolic OH excluding ortho intramolecular Hbond substituents is 1. The van der Waals surface area contributed by atoms with Crippen LogP contribution in [0.15, 0.2) is 47.4 Å². The summed E-state index contributed by atoms with van der Waals surface area (Å²) in [6, 6.07) is 11.2. The number of ether oxygens (including phenoxy) is 1. The van der Waals surface area contributed by atoms with E-state index in [-0.39, 0.29) is 16.3 Å². The second-order valence-corrected chi connectivity index (χ2v) is 7.18. The van der Waals surface area contributed by atoms with Gasteiger partial charge in [-0.05, 0) is 53.7 Å². The molecule has 3 rings (SSSR count). The highest BCUT2D eigenvalue weighted by Crippen LogP contribution is 2.33. The minimum atomic E-state index is -0.637. The van der Waals surface area contributed by atoms with Crippen LogP contribution in [0.2, 0.25) is 5.02 Å². The summed E-state index contributed by atoms with van der Waals surface area (Å²) < 4.78 is 5.13. The molecular weight excluding hydrogens is 404 g/mol. The molecule has 3 amide bonds. The number of nitrogens with zero attached hydrogens (tertiary/aromatic N) is 1. The first-order valence-corrected chi connectivity index (χ1v) is 9.24. The van der Waals surface area contributed by atoms with Crippen molar-refractivity contribution in [2.45, 2.75) is 0 Å². The molecule has 1 aliphatic rings.